The lowest BCUT2D eigenvalue weighted by Gasteiger charge is -2.37. The van der Waals surface area contributed by atoms with Crippen molar-refractivity contribution in [3.05, 3.63) is 65.5 Å². The van der Waals surface area contributed by atoms with Crippen LogP contribution in [0.5, 0.6) is 5.75 Å². The number of piperidine rings is 1. The van der Waals surface area contributed by atoms with Crippen LogP contribution in [0.1, 0.15) is 36.8 Å². The lowest BCUT2D eigenvalue weighted by atomic mass is 10.0. The van der Waals surface area contributed by atoms with E-state index in [0.29, 0.717) is 17.8 Å². The van der Waals surface area contributed by atoms with E-state index in [4.69, 9.17) is 4.98 Å². The number of aromatic nitrogens is 1. The van der Waals surface area contributed by atoms with E-state index in [0.717, 1.165) is 66.4 Å². The first-order valence-corrected chi connectivity index (χ1v) is 13.1. The molecular weight excluding hydrogens is 512 g/mol. The Labute approximate surface area is 224 Å². The number of rotatable bonds is 6. The Bertz CT molecular complexity index is 1380. The van der Waals surface area contributed by atoms with Gasteiger partial charge in [-0.05, 0) is 93.7 Å². The molecule has 3 heterocycles. The number of hydrogen-bond acceptors (Lipinski definition) is 5. The molecule has 0 atom stereocenters. The van der Waals surface area contributed by atoms with Crippen molar-refractivity contribution < 1.29 is 27.1 Å². The zero-order chi connectivity index (χ0) is 27.6. The molecule has 1 amide bonds. The van der Waals surface area contributed by atoms with Gasteiger partial charge in [0.1, 0.15) is 17.4 Å². The van der Waals surface area contributed by atoms with Gasteiger partial charge in [-0.2, -0.15) is 0 Å². The minimum Gasteiger partial charge on any atom is -0.406 e. The molecule has 2 aliphatic rings. The van der Waals surface area contributed by atoms with Gasteiger partial charge in [0.25, 0.3) is 0 Å². The molecule has 1 aromatic heterocycles. The van der Waals surface area contributed by atoms with E-state index in [1.54, 1.807) is 6.07 Å². The van der Waals surface area contributed by atoms with Gasteiger partial charge in [-0.3, -0.25) is 4.79 Å². The zero-order valence-electron chi connectivity index (χ0n) is 21.6. The van der Waals surface area contributed by atoms with E-state index in [1.165, 1.54) is 32.0 Å². The number of amides is 1. The first-order chi connectivity index (χ1) is 18.6. The Morgan fingerprint density at radius 1 is 1.05 bits per heavy atom. The number of aryl methyl sites for hydroxylation is 1. The average Bonchev–Trinajstić information content (AvgIpc) is 3.43. The standard InChI is InChI=1S/C29H30F4N4O2/c1-19-16-27(37-14-10-22(11-15-37)36-12-2-3-13-36)35-26-8-6-21(17-24(19)26)34-28(38)9-5-20-4-7-23(18-25(20)30)39-29(31,32)33/h4-9,16-18,22H,2-3,10-15H2,1H3,(H,34,38). The topological polar surface area (TPSA) is 57.7 Å². The fourth-order valence-corrected chi connectivity index (χ4v) is 5.37. The predicted molar refractivity (Wildman–Crippen MR) is 143 cm³/mol. The fraction of sp³-hybridized carbons (Fsp3) is 0.379. The molecule has 0 aliphatic carbocycles. The van der Waals surface area contributed by atoms with Gasteiger partial charge in [-0.1, -0.05) is 0 Å². The van der Waals surface area contributed by atoms with Crippen LogP contribution in [0, 0.1) is 12.7 Å². The van der Waals surface area contributed by atoms with Gasteiger partial charge in [0.05, 0.1) is 5.52 Å². The highest BCUT2D eigenvalue weighted by atomic mass is 19.4. The number of hydrogen-bond donors (Lipinski definition) is 1. The highest BCUT2D eigenvalue weighted by Gasteiger charge is 2.31. The maximum atomic E-state index is 14.1. The van der Waals surface area contributed by atoms with Crippen molar-refractivity contribution in [2.75, 3.05) is 36.4 Å². The third-order valence-corrected chi connectivity index (χ3v) is 7.33. The molecule has 6 nitrogen and oxygen atoms in total. The quantitative estimate of drug-likeness (QED) is 0.293. The van der Waals surface area contributed by atoms with E-state index >= 15 is 0 Å². The predicted octanol–water partition coefficient (Wildman–Crippen LogP) is 6.30. The smallest absolute Gasteiger partial charge is 0.406 e. The van der Waals surface area contributed by atoms with E-state index in [-0.39, 0.29) is 5.56 Å². The molecule has 206 valence electrons. The molecule has 2 saturated heterocycles. The number of ether oxygens (including phenoxy) is 1. The summed E-state index contributed by atoms with van der Waals surface area (Å²) in [5.74, 6) is -1.15. The van der Waals surface area contributed by atoms with Crippen molar-refractivity contribution in [3.8, 4) is 5.75 Å². The summed E-state index contributed by atoms with van der Waals surface area (Å²) >= 11 is 0. The van der Waals surface area contributed by atoms with Crippen molar-refractivity contribution in [2.24, 2.45) is 0 Å². The number of anilines is 2. The largest absolute Gasteiger partial charge is 0.573 e. The molecule has 0 saturated carbocycles. The number of nitrogens with one attached hydrogen (secondary N) is 1. The molecule has 0 spiro atoms. The van der Waals surface area contributed by atoms with E-state index in [9.17, 15) is 22.4 Å². The van der Waals surface area contributed by atoms with E-state index in [2.05, 4.69) is 25.9 Å². The third-order valence-electron chi connectivity index (χ3n) is 7.33. The molecule has 5 rings (SSSR count). The summed E-state index contributed by atoms with van der Waals surface area (Å²) in [4.78, 5) is 22.3. The first kappa shape index (κ1) is 26.9. The van der Waals surface area contributed by atoms with Crippen LogP contribution in [0.3, 0.4) is 0 Å². The molecule has 0 bridgehead atoms. The monoisotopic (exact) mass is 542 g/mol. The number of benzene rings is 2. The highest BCUT2D eigenvalue weighted by Crippen LogP contribution is 2.29. The van der Waals surface area contributed by atoms with Crippen molar-refractivity contribution in [2.45, 2.75) is 45.0 Å². The van der Waals surface area contributed by atoms with Gasteiger partial charge in [0.15, 0.2) is 0 Å². The molecule has 3 aromatic rings. The number of alkyl halides is 3. The Morgan fingerprint density at radius 2 is 1.79 bits per heavy atom. The van der Waals surface area contributed by atoms with Gasteiger partial charge >= 0.3 is 6.36 Å². The second-order valence-electron chi connectivity index (χ2n) is 10.0. The van der Waals surface area contributed by atoms with Gasteiger partial charge in [-0.15, -0.1) is 13.2 Å². The van der Waals surface area contributed by atoms with Gasteiger partial charge < -0.3 is 19.9 Å². The lowest BCUT2D eigenvalue weighted by Crippen LogP contribution is -2.44. The third kappa shape index (κ3) is 6.68. The van der Waals surface area contributed by atoms with Crippen molar-refractivity contribution in [1.29, 1.82) is 0 Å². The van der Waals surface area contributed by atoms with Gasteiger partial charge in [0.2, 0.25) is 5.91 Å². The van der Waals surface area contributed by atoms with Crippen LogP contribution < -0.4 is 15.0 Å². The zero-order valence-corrected chi connectivity index (χ0v) is 21.6. The van der Waals surface area contributed by atoms with Crippen LogP contribution >= 0.6 is 0 Å². The van der Waals surface area contributed by atoms with Gasteiger partial charge in [-0.25, -0.2) is 9.37 Å². The maximum Gasteiger partial charge on any atom is 0.573 e. The summed E-state index contributed by atoms with van der Waals surface area (Å²) in [5.41, 5.74) is 2.39. The van der Waals surface area contributed by atoms with Crippen molar-refractivity contribution in [3.63, 3.8) is 0 Å². The molecule has 0 unspecified atom stereocenters. The Kier molecular flexibility index (Phi) is 7.74. The lowest BCUT2D eigenvalue weighted by molar-refractivity contribution is -0.274. The Morgan fingerprint density at radius 3 is 2.49 bits per heavy atom. The minimum absolute atomic E-state index is 0.0461. The van der Waals surface area contributed by atoms with Crippen molar-refractivity contribution in [1.82, 2.24) is 9.88 Å². The summed E-state index contributed by atoms with van der Waals surface area (Å²) in [5, 5.41) is 3.65. The van der Waals surface area contributed by atoms with Gasteiger partial charge in [0, 0.05) is 47.9 Å². The first-order valence-electron chi connectivity index (χ1n) is 13.1. The molecule has 2 aliphatic heterocycles. The second-order valence-corrected chi connectivity index (χ2v) is 10.0. The van der Waals surface area contributed by atoms with Crippen LogP contribution in [0.2, 0.25) is 0 Å². The van der Waals surface area contributed by atoms with Crippen LogP contribution in [-0.4, -0.2) is 54.4 Å². The van der Waals surface area contributed by atoms with Crippen LogP contribution in [0.25, 0.3) is 17.0 Å². The summed E-state index contributed by atoms with van der Waals surface area (Å²) in [7, 11) is 0. The summed E-state index contributed by atoms with van der Waals surface area (Å²) in [6.45, 7) is 6.43. The number of nitrogens with zero attached hydrogens (tertiary/aromatic N) is 3. The van der Waals surface area contributed by atoms with Crippen LogP contribution in [-0.2, 0) is 4.79 Å². The molecular formula is C29H30F4N4O2. The normalized spacial score (nSPS) is 17.3. The number of pyridine rings is 1. The summed E-state index contributed by atoms with van der Waals surface area (Å²) in [6.07, 6.45) is 2.30. The maximum absolute atomic E-state index is 14.1. The highest BCUT2D eigenvalue weighted by molar-refractivity contribution is 6.03. The van der Waals surface area contributed by atoms with E-state index < -0.39 is 23.8 Å². The summed E-state index contributed by atoms with van der Waals surface area (Å²) in [6, 6.07) is 10.9. The number of carbonyl (C=O) groups excluding carboxylic acids is 1. The van der Waals surface area contributed by atoms with Crippen LogP contribution in [0.4, 0.5) is 29.1 Å². The molecule has 1 N–H and O–H groups in total. The fourth-order valence-electron chi connectivity index (χ4n) is 5.37. The number of likely N-dealkylation sites (tertiary alicyclic amines) is 1. The molecule has 2 fully saturated rings. The summed E-state index contributed by atoms with van der Waals surface area (Å²) < 4.78 is 54.7. The van der Waals surface area contributed by atoms with Crippen molar-refractivity contribution >= 4 is 34.4 Å². The Hall–Kier alpha value is -3.66. The van der Waals surface area contributed by atoms with E-state index in [1.807, 2.05) is 19.1 Å². The number of fused-ring (bicyclic) bond motifs is 1. The molecule has 39 heavy (non-hydrogen) atoms. The molecule has 0 radical (unpaired) electrons. The SMILES string of the molecule is Cc1cc(N2CCC(N3CCCC3)CC2)nc2ccc(NC(=O)C=Cc3ccc(OC(F)(F)F)cc3F)cc12. The number of halogens is 4. The van der Waals surface area contributed by atoms with Crippen LogP contribution in [0.15, 0.2) is 48.5 Å². The molecule has 10 heteroatoms. The average molecular weight is 543 g/mol. The number of carbonyl (C=O) groups is 1. The minimum atomic E-state index is -4.91. The molecule has 2 aromatic carbocycles. The Balaban J connectivity index is 1.22. The second kappa shape index (κ2) is 11.2.